The van der Waals surface area contributed by atoms with Gasteiger partial charge in [-0.25, -0.2) is 9.97 Å². The van der Waals surface area contributed by atoms with E-state index in [-0.39, 0.29) is 29.4 Å². The normalized spacial score (nSPS) is 14.2. The molecule has 3 rings (SSSR count). The topological polar surface area (TPSA) is 69.0 Å². The van der Waals surface area contributed by atoms with E-state index < -0.39 is 17.5 Å². The first-order valence-corrected chi connectivity index (χ1v) is 8.31. The van der Waals surface area contributed by atoms with E-state index in [1.54, 1.807) is 25.3 Å². The number of anilines is 1. The van der Waals surface area contributed by atoms with Gasteiger partial charge in [-0.2, -0.15) is 13.2 Å². The number of nitrogens with one attached hydrogen (secondary N) is 1. The van der Waals surface area contributed by atoms with E-state index in [1.165, 1.54) is 10.6 Å². The van der Waals surface area contributed by atoms with Gasteiger partial charge < -0.3 is 4.74 Å². The predicted molar refractivity (Wildman–Crippen MR) is 94.9 cm³/mol. The van der Waals surface area contributed by atoms with Crippen LogP contribution in [0.2, 0.25) is 0 Å². The van der Waals surface area contributed by atoms with Crippen molar-refractivity contribution in [1.82, 2.24) is 14.5 Å². The molecule has 0 saturated carbocycles. The number of hydrogen-bond acceptors (Lipinski definition) is 4. The summed E-state index contributed by atoms with van der Waals surface area (Å²) in [5.74, 6) is -0.177. The molecule has 6 nitrogen and oxygen atoms in total. The van der Waals surface area contributed by atoms with Gasteiger partial charge in [-0.05, 0) is 44.6 Å². The molecule has 2 heterocycles. The third-order valence-corrected chi connectivity index (χ3v) is 4.35. The highest BCUT2D eigenvalue weighted by atomic mass is 19.4. The first-order chi connectivity index (χ1) is 12.6. The minimum absolute atomic E-state index is 0.0351. The molecule has 9 heteroatoms. The number of fused-ring (bicyclic) bond motifs is 1. The Labute approximate surface area is 153 Å². The van der Waals surface area contributed by atoms with Crippen molar-refractivity contribution in [2.24, 2.45) is 0 Å². The zero-order valence-electron chi connectivity index (χ0n) is 15.1. The van der Waals surface area contributed by atoms with Gasteiger partial charge in [-0.15, -0.1) is 0 Å². The third-order valence-electron chi connectivity index (χ3n) is 4.35. The highest BCUT2D eigenvalue weighted by Gasteiger charge is 2.33. The minimum Gasteiger partial charge on any atom is -0.379 e. The molecular weight excluding hydrogens is 361 g/mol. The minimum atomic E-state index is -4.57. The zero-order chi connectivity index (χ0) is 19.8. The summed E-state index contributed by atoms with van der Waals surface area (Å²) in [6.45, 7) is 3.73. The molecule has 0 spiro atoms. The molecule has 1 N–H and O–H groups in total. The van der Waals surface area contributed by atoms with Crippen molar-refractivity contribution < 1.29 is 22.7 Å². The Balaban J connectivity index is 1.92. The number of hydrogen-bond donors (Lipinski definition) is 1. The summed E-state index contributed by atoms with van der Waals surface area (Å²) in [6, 6.07) is 2.12. The first-order valence-electron chi connectivity index (χ1n) is 8.31. The molecule has 0 saturated heterocycles. The molecular formula is C18H19F3N4O2. The fraction of sp³-hybridized carbons (Fsp3) is 0.389. The van der Waals surface area contributed by atoms with E-state index >= 15 is 0 Å². The van der Waals surface area contributed by atoms with Gasteiger partial charge in [0, 0.05) is 13.5 Å². The molecule has 0 atom stereocenters. The number of amides is 1. The van der Waals surface area contributed by atoms with Crippen LogP contribution in [0.5, 0.6) is 0 Å². The molecule has 0 fully saturated rings. The van der Waals surface area contributed by atoms with Gasteiger partial charge in [0.2, 0.25) is 11.9 Å². The van der Waals surface area contributed by atoms with Gasteiger partial charge in [-0.1, -0.05) is 6.08 Å². The Hall–Kier alpha value is -2.68. The monoisotopic (exact) mass is 380 g/mol. The summed E-state index contributed by atoms with van der Waals surface area (Å²) in [5.41, 5.74) is -0.582. The number of imidazole rings is 1. The average Bonchev–Trinajstić information content (AvgIpc) is 2.88. The second kappa shape index (κ2) is 6.80. The van der Waals surface area contributed by atoms with Crippen LogP contribution >= 0.6 is 0 Å². The second-order valence-electron chi connectivity index (χ2n) is 6.77. The van der Waals surface area contributed by atoms with Crippen LogP contribution in [0.3, 0.4) is 0 Å². The van der Waals surface area contributed by atoms with Crippen molar-refractivity contribution >= 4 is 28.7 Å². The Morgan fingerprint density at radius 3 is 2.52 bits per heavy atom. The Morgan fingerprint density at radius 2 is 1.96 bits per heavy atom. The summed E-state index contributed by atoms with van der Waals surface area (Å²) >= 11 is 0. The van der Waals surface area contributed by atoms with Crippen LogP contribution in [0.25, 0.3) is 16.9 Å². The molecule has 1 amide bonds. The van der Waals surface area contributed by atoms with Gasteiger partial charge in [0.1, 0.15) is 11.2 Å². The number of halogens is 3. The molecule has 0 aromatic carbocycles. The zero-order valence-corrected chi connectivity index (χ0v) is 15.1. The molecule has 2 aromatic rings. The lowest BCUT2D eigenvalue weighted by atomic mass is 10.0. The number of aromatic nitrogens is 3. The SMILES string of the molecule is COC(C)(C)CCC(=O)Nc1nc2ccc(C(F)(F)F)nc2n1C1=CC=C1. The number of methoxy groups -OCH3 is 1. The molecule has 0 radical (unpaired) electrons. The van der Waals surface area contributed by atoms with Crippen LogP contribution in [0.15, 0.2) is 30.4 Å². The lowest BCUT2D eigenvalue weighted by Gasteiger charge is -2.22. The van der Waals surface area contributed by atoms with E-state index in [4.69, 9.17) is 4.74 Å². The number of alkyl halides is 3. The van der Waals surface area contributed by atoms with Crippen LogP contribution in [0.1, 0.15) is 32.4 Å². The number of carbonyl (C=O) groups is 1. The number of ether oxygens (including phenoxy) is 1. The number of nitrogens with zero attached hydrogens (tertiary/aromatic N) is 3. The number of carbonyl (C=O) groups excluding carboxylic acids is 1. The van der Waals surface area contributed by atoms with E-state index in [2.05, 4.69) is 15.3 Å². The maximum Gasteiger partial charge on any atom is 0.433 e. The highest BCUT2D eigenvalue weighted by Crippen LogP contribution is 2.32. The van der Waals surface area contributed by atoms with Gasteiger partial charge in [0.25, 0.3) is 0 Å². The maximum absolute atomic E-state index is 13.0. The molecule has 27 heavy (non-hydrogen) atoms. The molecule has 1 aliphatic carbocycles. The van der Waals surface area contributed by atoms with Gasteiger partial charge in [0.15, 0.2) is 5.65 Å². The van der Waals surface area contributed by atoms with Crippen LogP contribution in [-0.4, -0.2) is 33.2 Å². The lowest BCUT2D eigenvalue weighted by molar-refractivity contribution is -0.141. The lowest BCUT2D eigenvalue weighted by Crippen LogP contribution is -2.25. The molecule has 144 valence electrons. The third kappa shape index (κ3) is 4.02. The van der Waals surface area contributed by atoms with E-state index in [9.17, 15) is 18.0 Å². The Morgan fingerprint density at radius 1 is 1.26 bits per heavy atom. The van der Waals surface area contributed by atoms with Crippen molar-refractivity contribution in [2.75, 3.05) is 12.4 Å². The van der Waals surface area contributed by atoms with Gasteiger partial charge in [-0.3, -0.25) is 14.7 Å². The fourth-order valence-electron chi connectivity index (χ4n) is 2.48. The summed E-state index contributed by atoms with van der Waals surface area (Å²) in [7, 11) is 1.57. The van der Waals surface area contributed by atoms with Crippen molar-refractivity contribution in [2.45, 2.75) is 38.5 Å². The average molecular weight is 380 g/mol. The summed E-state index contributed by atoms with van der Waals surface area (Å²) in [4.78, 5) is 20.2. The maximum atomic E-state index is 13.0. The first kappa shape index (κ1) is 19.1. The molecule has 1 aliphatic rings. The van der Waals surface area contributed by atoms with E-state index in [1.807, 2.05) is 13.8 Å². The van der Waals surface area contributed by atoms with Crippen molar-refractivity contribution in [3.63, 3.8) is 0 Å². The van der Waals surface area contributed by atoms with Crippen LogP contribution in [0, 0.1) is 0 Å². The standard InChI is InChI=1S/C18H19F3N4O2/c1-17(2,27-3)10-9-14(26)24-16-22-12-7-8-13(18(19,20)21)23-15(12)25(16)11-5-4-6-11/h4-8H,9-10H2,1-3H3,(H,22,24,26). The number of pyridine rings is 1. The molecule has 0 aliphatic heterocycles. The Bertz CT molecular complexity index is 942. The highest BCUT2D eigenvalue weighted by molar-refractivity contribution is 5.93. The van der Waals surface area contributed by atoms with E-state index in [0.29, 0.717) is 12.1 Å². The molecule has 2 aromatic heterocycles. The Kier molecular flexibility index (Phi) is 4.81. The second-order valence-corrected chi connectivity index (χ2v) is 6.77. The van der Waals surface area contributed by atoms with Crippen LogP contribution in [-0.2, 0) is 15.7 Å². The molecule has 0 bridgehead atoms. The fourth-order valence-corrected chi connectivity index (χ4v) is 2.48. The van der Waals surface area contributed by atoms with E-state index in [0.717, 1.165) is 6.07 Å². The predicted octanol–water partition coefficient (Wildman–Crippen LogP) is 4.00. The van der Waals surface area contributed by atoms with Crippen molar-refractivity contribution in [1.29, 1.82) is 0 Å². The van der Waals surface area contributed by atoms with Gasteiger partial charge in [0.05, 0.1) is 11.3 Å². The number of allylic oxidation sites excluding steroid dienone is 4. The number of rotatable bonds is 6. The largest absolute Gasteiger partial charge is 0.433 e. The quantitative estimate of drug-likeness (QED) is 0.822. The summed E-state index contributed by atoms with van der Waals surface area (Å²) in [5, 5.41) is 2.67. The van der Waals surface area contributed by atoms with Crippen LogP contribution in [0.4, 0.5) is 19.1 Å². The van der Waals surface area contributed by atoms with Crippen molar-refractivity contribution in [3.05, 3.63) is 36.1 Å². The molecule has 0 unspecified atom stereocenters. The van der Waals surface area contributed by atoms with Crippen molar-refractivity contribution in [3.8, 4) is 0 Å². The van der Waals surface area contributed by atoms with Gasteiger partial charge >= 0.3 is 6.18 Å². The smallest absolute Gasteiger partial charge is 0.379 e. The summed E-state index contributed by atoms with van der Waals surface area (Å²) in [6.07, 6.45) is 1.23. The van der Waals surface area contributed by atoms with Crippen LogP contribution < -0.4 is 5.32 Å². The summed E-state index contributed by atoms with van der Waals surface area (Å²) < 4.78 is 45.7.